The molecule has 9 heteroatoms. The molecule has 0 aliphatic rings. The van der Waals surface area contributed by atoms with Crippen molar-refractivity contribution in [1.29, 1.82) is 5.26 Å². The number of anilines is 1. The average Bonchev–Trinajstić information content (AvgIpc) is 2.68. The van der Waals surface area contributed by atoms with Crippen LogP contribution in [0.2, 0.25) is 0 Å². The van der Waals surface area contributed by atoms with Gasteiger partial charge in [0, 0.05) is 6.07 Å². The van der Waals surface area contributed by atoms with E-state index in [1.807, 2.05) is 6.07 Å². The Bertz CT molecular complexity index is 939. The zero-order valence-corrected chi connectivity index (χ0v) is 16.7. The molecule has 0 atom stereocenters. The molecule has 0 saturated carbocycles. The van der Waals surface area contributed by atoms with Crippen molar-refractivity contribution in [2.45, 2.75) is 6.92 Å². The molecule has 146 valence electrons. The van der Waals surface area contributed by atoms with Gasteiger partial charge in [-0.25, -0.2) is 4.79 Å². The monoisotopic (exact) mass is 448 g/mol. The number of hydrogen-bond acceptors (Lipinski definition) is 7. The predicted octanol–water partition coefficient (Wildman–Crippen LogP) is 3.23. The van der Waals surface area contributed by atoms with Crippen molar-refractivity contribution < 1.29 is 28.9 Å². The Morgan fingerprint density at radius 2 is 2.04 bits per heavy atom. The third kappa shape index (κ3) is 4.92. The summed E-state index contributed by atoms with van der Waals surface area (Å²) in [7, 11) is 1.19. The van der Waals surface area contributed by atoms with E-state index in [0.29, 0.717) is 22.4 Å². The Morgan fingerprint density at radius 3 is 2.68 bits per heavy atom. The van der Waals surface area contributed by atoms with Gasteiger partial charge in [-0.15, -0.1) is 0 Å². The van der Waals surface area contributed by atoms with Crippen LogP contribution < -0.4 is 14.8 Å². The number of nitrogens with one attached hydrogen (secondary N) is 1. The first-order valence-corrected chi connectivity index (χ1v) is 8.89. The lowest BCUT2D eigenvalue weighted by molar-refractivity contribution is -0.118. The molecule has 0 unspecified atom stereocenters. The van der Waals surface area contributed by atoms with Gasteiger partial charge in [-0.3, -0.25) is 4.79 Å². The fourth-order valence-corrected chi connectivity index (χ4v) is 2.84. The molecule has 0 aliphatic carbocycles. The highest BCUT2D eigenvalue weighted by Crippen LogP contribution is 2.37. The van der Waals surface area contributed by atoms with Gasteiger partial charge in [0.2, 0.25) is 0 Å². The summed E-state index contributed by atoms with van der Waals surface area (Å²) in [6.45, 7) is 1.73. The van der Waals surface area contributed by atoms with Crippen molar-refractivity contribution in [3.05, 3.63) is 45.9 Å². The van der Waals surface area contributed by atoms with Crippen molar-refractivity contribution >= 4 is 33.5 Å². The molecule has 0 heterocycles. The minimum Gasteiger partial charge on any atom is -0.505 e. The first kappa shape index (κ1) is 21.1. The van der Waals surface area contributed by atoms with Gasteiger partial charge < -0.3 is 24.6 Å². The Balaban J connectivity index is 2.14. The molecule has 2 aromatic carbocycles. The number of phenolic OH excluding ortho intramolecular Hbond substituents is 1. The summed E-state index contributed by atoms with van der Waals surface area (Å²) >= 11 is 3.29. The Morgan fingerprint density at radius 1 is 1.29 bits per heavy atom. The van der Waals surface area contributed by atoms with E-state index in [0.717, 1.165) is 0 Å². The van der Waals surface area contributed by atoms with Crippen molar-refractivity contribution in [2.24, 2.45) is 0 Å². The molecule has 0 aromatic heterocycles. The number of nitrogens with zero attached hydrogens (tertiary/aromatic N) is 1. The van der Waals surface area contributed by atoms with Gasteiger partial charge in [-0.2, -0.15) is 5.26 Å². The highest BCUT2D eigenvalue weighted by atomic mass is 79.9. The lowest BCUT2D eigenvalue weighted by Crippen LogP contribution is -2.21. The van der Waals surface area contributed by atoms with Crippen LogP contribution in [-0.4, -0.2) is 37.3 Å². The topological polar surface area (TPSA) is 118 Å². The quantitative estimate of drug-likeness (QED) is 0.492. The first-order valence-electron chi connectivity index (χ1n) is 8.10. The molecule has 28 heavy (non-hydrogen) atoms. The lowest BCUT2D eigenvalue weighted by Gasteiger charge is -2.14. The lowest BCUT2D eigenvalue weighted by atomic mass is 10.1. The summed E-state index contributed by atoms with van der Waals surface area (Å²) in [6, 6.07) is 9.35. The molecule has 0 spiro atoms. The molecular weight excluding hydrogens is 432 g/mol. The van der Waals surface area contributed by atoms with Gasteiger partial charge in [0.1, 0.15) is 5.56 Å². The number of halogens is 1. The molecule has 1 amide bonds. The SMILES string of the molecule is CCOc1cc(C#N)cc(Br)c1OCC(=O)Nc1cccc(C(=O)OC)c1O. The number of aromatic hydroxyl groups is 1. The van der Waals surface area contributed by atoms with Crippen LogP contribution in [0, 0.1) is 11.3 Å². The van der Waals surface area contributed by atoms with Gasteiger partial charge >= 0.3 is 5.97 Å². The number of hydrogen-bond donors (Lipinski definition) is 2. The van der Waals surface area contributed by atoms with Crippen LogP contribution in [0.1, 0.15) is 22.8 Å². The van der Waals surface area contributed by atoms with Crippen LogP contribution in [0.4, 0.5) is 5.69 Å². The predicted molar refractivity (Wildman–Crippen MR) is 104 cm³/mol. The fourth-order valence-electron chi connectivity index (χ4n) is 2.28. The van der Waals surface area contributed by atoms with Crippen molar-refractivity contribution in [1.82, 2.24) is 0 Å². The third-order valence-corrected chi connectivity index (χ3v) is 4.09. The van der Waals surface area contributed by atoms with Crippen LogP contribution in [0.15, 0.2) is 34.8 Å². The van der Waals surface area contributed by atoms with E-state index in [1.54, 1.807) is 13.0 Å². The van der Waals surface area contributed by atoms with Crippen LogP contribution in [0.3, 0.4) is 0 Å². The standard InChI is InChI=1S/C19H17BrN2O6/c1-3-27-15-8-11(9-21)7-13(20)18(15)28-10-16(23)22-14-6-4-5-12(17(14)24)19(25)26-2/h4-8,24H,3,10H2,1-2H3,(H,22,23). The number of para-hydroxylation sites is 1. The molecule has 0 bridgehead atoms. The average molecular weight is 449 g/mol. The van der Waals surface area contributed by atoms with E-state index in [9.17, 15) is 14.7 Å². The number of rotatable bonds is 7. The van der Waals surface area contributed by atoms with Crippen molar-refractivity contribution in [3.8, 4) is 23.3 Å². The largest absolute Gasteiger partial charge is 0.505 e. The maximum atomic E-state index is 12.2. The van der Waals surface area contributed by atoms with Gasteiger partial charge in [-0.05, 0) is 41.1 Å². The molecule has 2 aromatic rings. The number of carbonyl (C=O) groups excluding carboxylic acids is 2. The van der Waals surface area contributed by atoms with E-state index in [1.165, 1.54) is 31.4 Å². The Hall–Kier alpha value is -3.25. The normalized spacial score (nSPS) is 9.93. The molecule has 0 saturated heterocycles. The first-order chi connectivity index (χ1) is 13.4. The summed E-state index contributed by atoms with van der Waals surface area (Å²) in [6.07, 6.45) is 0. The molecule has 0 radical (unpaired) electrons. The van der Waals surface area contributed by atoms with E-state index < -0.39 is 24.2 Å². The van der Waals surface area contributed by atoms with Crippen molar-refractivity contribution in [2.75, 3.05) is 25.6 Å². The molecule has 0 fully saturated rings. The number of carbonyl (C=O) groups is 2. The maximum absolute atomic E-state index is 12.2. The van der Waals surface area contributed by atoms with Gasteiger partial charge in [0.15, 0.2) is 23.9 Å². The number of benzene rings is 2. The number of ether oxygens (including phenoxy) is 3. The highest BCUT2D eigenvalue weighted by molar-refractivity contribution is 9.10. The minimum atomic E-state index is -0.729. The second kappa shape index (κ2) is 9.62. The summed E-state index contributed by atoms with van der Waals surface area (Å²) in [5.41, 5.74) is 0.340. The number of amides is 1. The molecule has 8 nitrogen and oxygen atoms in total. The minimum absolute atomic E-state index is 0.0421. The van der Waals surface area contributed by atoms with Gasteiger partial charge in [0.25, 0.3) is 5.91 Å². The molecule has 0 aliphatic heterocycles. The zero-order valence-electron chi connectivity index (χ0n) is 15.1. The van der Waals surface area contributed by atoms with Gasteiger partial charge in [0.05, 0.1) is 35.5 Å². The van der Waals surface area contributed by atoms with E-state index >= 15 is 0 Å². The van der Waals surface area contributed by atoms with Crippen LogP contribution in [0.25, 0.3) is 0 Å². The summed E-state index contributed by atoms with van der Waals surface area (Å²) in [5.74, 6) is -1.12. The van der Waals surface area contributed by atoms with E-state index in [4.69, 9.17) is 14.7 Å². The molecular formula is C19H17BrN2O6. The third-order valence-electron chi connectivity index (χ3n) is 3.50. The number of esters is 1. The number of nitriles is 1. The van der Waals surface area contributed by atoms with Crippen LogP contribution in [0.5, 0.6) is 17.2 Å². The Kier molecular flexibility index (Phi) is 7.23. The van der Waals surface area contributed by atoms with Crippen LogP contribution >= 0.6 is 15.9 Å². The highest BCUT2D eigenvalue weighted by Gasteiger charge is 2.18. The molecule has 2 N–H and O–H groups in total. The van der Waals surface area contributed by atoms with E-state index in [-0.39, 0.29) is 17.0 Å². The number of methoxy groups -OCH3 is 1. The maximum Gasteiger partial charge on any atom is 0.341 e. The summed E-state index contributed by atoms with van der Waals surface area (Å²) in [5, 5.41) is 21.6. The van der Waals surface area contributed by atoms with E-state index in [2.05, 4.69) is 26.0 Å². The van der Waals surface area contributed by atoms with Gasteiger partial charge in [-0.1, -0.05) is 6.07 Å². The van der Waals surface area contributed by atoms with Crippen LogP contribution in [-0.2, 0) is 9.53 Å². The fraction of sp³-hybridized carbons (Fsp3) is 0.211. The number of phenols is 1. The Labute approximate surface area is 169 Å². The summed E-state index contributed by atoms with van der Waals surface area (Å²) in [4.78, 5) is 23.8. The van der Waals surface area contributed by atoms with Crippen molar-refractivity contribution in [3.63, 3.8) is 0 Å². The smallest absolute Gasteiger partial charge is 0.341 e. The summed E-state index contributed by atoms with van der Waals surface area (Å²) < 4.78 is 16.0. The molecule has 2 rings (SSSR count). The zero-order chi connectivity index (χ0) is 20.7. The second-order valence-corrected chi connectivity index (χ2v) is 6.21. The second-order valence-electron chi connectivity index (χ2n) is 5.36.